The molecular weight excluding hydrogens is 360 g/mol. The molecule has 1 aromatic carbocycles. The number of nitrogens with zero attached hydrogens (tertiary/aromatic N) is 2. The number of likely N-dealkylation sites (N-methyl/N-ethyl adjacent to an activating group) is 1. The van der Waals surface area contributed by atoms with Crippen LogP contribution in [0.4, 0.5) is 10.5 Å². The van der Waals surface area contributed by atoms with Crippen LogP contribution >= 0.6 is 0 Å². The second kappa shape index (κ2) is 11.1. The smallest absolute Gasteiger partial charge is 0.319 e. The van der Waals surface area contributed by atoms with E-state index < -0.39 is 0 Å². The van der Waals surface area contributed by atoms with Crippen molar-refractivity contribution in [2.45, 2.75) is 6.04 Å². The number of carbonyl (C=O) groups excluding carboxylic acids is 1. The molecule has 0 fully saturated rings. The number of ether oxygens (including phenoxy) is 3. The molecular formula is C20H28N4O4. The van der Waals surface area contributed by atoms with Crippen molar-refractivity contribution in [2.75, 3.05) is 53.4 Å². The Labute approximate surface area is 165 Å². The molecule has 1 unspecified atom stereocenters. The van der Waals surface area contributed by atoms with E-state index in [9.17, 15) is 4.79 Å². The van der Waals surface area contributed by atoms with Crippen LogP contribution in [0.15, 0.2) is 42.6 Å². The van der Waals surface area contributed by atoms with Gasteiger partial charge in [-0.3, -0.25) is 0 Å². The summed E-state index contributed by atoms with van der Waals surface area (Å²) in [5.41, 5.74) is 1.64. The number of urea groups is 1. The first-order valence-electron chi connectivity index (χ1n) is 8.96. The lowest BCUT2D eigenvalue weighted by Crippen LogP contribution is -2.36. The summed E-state index contributed by atoms with van der Waals surface area (Å²) in [4.78, 5) is 18.4. The molecule has 0 aliphatic carbocycles. The SMILES string of the molecule is COCCOc1ccc(NC(=O)NCC(c2cccc(OC)c2)N(C)C)cn1. The van der Waals surface area contributed by atoms with E-state index in [2.05, 4.69) is 15.6 Å². The van der Waals surface area contributed by atoms with Crippen LogP contribution in [0, 0.1) is 0 Å². The summed E-state index contributed by atoms with van der Waals surface area (Å²) >= 11 is 0. The van der Waals surface area contributed by atoms with Crippen LogP contribution in [0.25, 0.3) is 0 Å². The Balaban J connectivity index is 1.88. The highest BCUT2D eigenvalue weighted by Gasteiger charge is 2.16. The third-order valence-electron chi connectivity index (χ3n) is 4.09. The number of benzene rings is 1. The largest absolute Gasteiger partial charge is 0.497 e. The van der Waals surface area contributed by atoms with Gasteiger partial charge in [-0.15, -0.1) is 0 Å². The molecule has 2 aromatic rings. The second-order valence-corrected chi connectivity index (χ2v) is 6.32. The van der Waals surface area contributed by atoms with Crippen LogP contribution in [-0.2, 0) is 4.74 Å². The van der Waals surface area contributed by atoms with Gasteiger partial charge in [0.25, 0.3) is 0 Å². The molecule has 0 aliphatic heterocycles. The van der Waals surface area contributed by atoms with Crippen molar-refractivity contribution in [3.63, 3.8) is 0 Å². The normalized spacial score (nSPS) is 11.8. The van der Waals surface area contributed by atoms with Crippen molar-refractivity contribution in [1.82, 2.24) is 15.2 Å². The van der Waals surface area contributed by atoms with Gasteiger partial charge in [-0.2, -0.15) is 0 Å². The average molecular weight is 388 g/mol. The molecule has 8 heteroatoms. The van der Waals surface area contributed by atoms with Gasteiger partial charge < -0.3 is 29.7 Å². The number of hydrogen-bond donors (Lipinski definition) is 2. The van der Waals surface area contributed by atoms with Gasteiger partial charge in [-0.25, -0.2) is 9.78 Å². The zero-order valence-electron chi connectivity index (χ0n) is 16.8. The maximum Gasteiger partial charge on any atom is 0.319 e. The Morgan fingerprint density at radius 2 is 2.00 bits per heavy atom. The molecule has 28 heavy (non-hydrogen) atoms. The lowest BCUT2D eigenvalue weighted by Gasteiger charge is -2.25. The fourth-order valence-electron chi connectivity index (χ4n) is 2.58. The monoisotopic (exact) mass is 388 g/mol. The molecule has 2 N–H and O–H groups in total. The topological polar surface area (TPSA) is 85.0 Å². The molecule has 0 saturated carbocycles. The highest BCUT2D eigenvalue weighted by Crippen LogP contribution is 2.22. The van der Waals surface area contributed by atoms with Gasteiger partial charge in [-0.05, 0) is 37.9 Å². The predicted octanol–water partition coefficient (Wildman–Crippen LogP) is 2.54. The van der Waals surface area contributed by atoms with E-state index in [1.54, 1.807) is 32.5 Å². The lowest BCUT2D eigenvalue weighted by atomic mass is 10.1. The van der Waals surface area contributed by atoms with Crippen LogP contribution in [0.1, 0.15) is 11.6 Å². The Morgan fingerprint density at radius 1 is 1.18 bits per heavy atom. The molecule has 2 amide bonds. The predicted molar refractivity (Wildman–Crippen MR) is 108 cm³/mol. The summed E-state index contributed by atoms with van der Waals surface area (Å²) in [6.45, 7) is 1.36. The number of nitrogens with one attached hydrogen (secondary N) is 2. The molecule has 1 aromatic heterocycles. The van der Waals surface area contributed by atoms with Crippen molar-refractivity contribution in [1.29, 1.82) is 0 Å². The van der Waals surface area contributed by atoms with E-state index in [-0.39, 0.29) is 12.1 Å². The Kier molecular flexibility index (Phi) is 8.51. The van der Waals surface area contributed by atoms with Gasteiger partial charge in [0, 0.05) is 19.7 Å². The van der Waals surface area contributed by atoms with Crippen molar-refractivity contribution < 1.29 is 19.0 Å². The van der Waals surface area contributed by atoms with Crippen LogP contribution in [0.2, 0.25) is 0 Å². The van der Waals surface area contributed by atoms with Gasteiger partial charge in [0.15, 0.2) is 0 Å². The number of anilines is 1. The van der Waals surface area contributed by atoms with E-state index in [0.29, 0.717) is 31.3 Å². The first-order valence-corrected chi connectivity index (χ1v) is 8.96. The Morgan fingerprint density at radius 3 is 2.64 bits per heavy atom. The number of rotatable bonds is 10. The van der Waals surface area contributed by atoms with Gasteiger partial charge in [0.2, 0.25) is 5.88 Å². The van der Waals surface area contributed by atoms with Crippen molar-refractivity contribution >= 4 is 11.7 Å². The molecule has 1 atom stereocenters. The Bertz CT molecular complexity index is 737. The van der Waals surface area contributed by atoms with Gasteiger partial charge >= 0.3 is 6.03 Å². The number of methoxy groups -OCH3 is 2. The second-order valence-electron chi connectivity index (χ2n) is 6.32. The minimum Gasteiger partial charge on any atom is -0.497 e. The number of carbonyl (C=O) groups is 1. The van der Waals surface area contributed by atoms with Crippen LogP contribution in [-0.4, -0.2) is 64.0 Å². The van der Waals surface area contributed by atoms with Crippen molar-refractivity contribution in [2.24, 2.45) is 0 Å². The summed E-state index contributed by atoms with van der Waals surface area (Å²) in [5.74, 6) is 1.27. The zero-order valence-corrected chi connectivity index (χ0v) is 16.8. The third-order valence-corrected chi connectivity index (χ3v) is 4.09. The van der Waals surface area contributed by atoms with Crippen LogP contribution < -0.4 is 20.1 Å². The van der Waals surface area contributed by atoms with Crippen LogP contribution in [0.5, 0.6) is 11.6 Å². The van der Waals surface area contributed by atoms with E-state index >= 15 is 0 Å². The van der Waals surface area contributed by atoms with Crippen LogP contribution in [0.3, 0.4) is 0 Å². The zero-order chi connectivity index (χ0) is 20.4. The fraction of sp³-hybridized carbons (Fsp3) is 0.400. The molecule has 1 heterocycles. The number of hydrogen-bond acceptors (Lipinski definition) is 6. The van der Waals surface area contributed by atoms with E-state index in [1.807, 2.05) is 43.3 Å². The molecule has 0 radical (unpaired) electrons. The molecule has 2 rings (SSSR count). The summed E-state index contributed by atoms with van der Waals surface area (Å²) in [7, 11) is 7.18. The van der Waals surface area contributed by atoms with Gasteiger partial charge in [-0.1, -0.05) is 12.1 Å². The summed E-state index contributed by atoms with van der Waals surface area (Å²) in [6, 6.07) is 11.0. The summed E-state index contributed by atoms with van der Waals surface area (Å²) in [6.07, 6.45) is 1.55. The van der Waals surface area contributed by atoms with Crippen molar-refractivity contribution in [3.05, 3.63) is 48.2 Å². The molecule has 0 bridgehead atoms. The molecule has 152 valence electrons. The quantitative estimate of drug-likeness (QED) is 0.609. The molecule has 0 aliphatic rings. The minimum absolute atomic E-state index is 0.00976. The van der Waals surface area contributed by atoms with E-state index in [1.165, 1.54) is 0 Å². The third kappa shape index (κ3) is 6.71. The summed E-state index contributed by atoms with van der Waals surface area (Å²) < 4.78 is 15.6. The highest BCUT2D eigenvalue weighted by atomic mass is 16.5. The fourth-order valence-corrected chi connectivity index (χ4v) is 2.58. The number of amides is 2. The van der Waals surface area contributed by atoms with E-state index in [4.69, 9.17) is 14.2 Å². The maximum atomic E-state index is 12.2. The Hall–Kier alpha value is -2.84. The minimum atomic E-state index is -0.301. The molecule has 0 spiro atoms. The lowest BCUT2D eigenvalue weighted by molar-refractivity contribution is 0.144. The summed E-state index contributed by atoms with van der Waals surface area (Å²) in [5, 5.41) is 5.67. The number of pyridine rings is 1. The number of aromatic nitrogens is 1. The van der Waals surface area contributed by atoms with Crippen molar-refractivity contribution in [3.8, 4) is 11.6 Å². The molecule has 8 nitrogen and oxygen atoms in total. The van der Waals surface area contributed by atoms with E-state index in [0.717, 1.165) is 11.3 Å². The maximum absolute atomic E-state index is 12.2. The van der Waals surface area contributed by atoms with Gasteiger partial charge in [0.05, 0.1) is 31.6 Å². The van der Waals surface area contributed by atoms with Gasteiger partial charge in [0.1, 0.15) is 12.4 Å². The standard InChI is InChI=1S/C20H28N4O4/c1-24(2)18(15-6-5-7-17(12-15)27-4)14-22-20(25)23-16-8-9-19(21-13-16)28-11-10-26-3/h5-9,12-13,18H,10-11,14H2,1-4H3,(H2,22,23,25). The molecule has 0 saturated heterocycles. The average Bonchev–Trinajstić information content (AvgIpc) is 2.69. The highest BCUT2D eigenvalue weighted by molar-refractivity contribution is 5.89. The first-order chi connectivity index (χ1) is 13.5. The first kappa shape index (κ1) is 21.5.